The van der Waals surface area contributed by atoms with E-state index in [1.807, 2.05) is 6.92 Å². The van der Waals surface area contributed by atoms with Crippen LogP contribution in [0.5, 0.6) is 0 Å². The fourth-order valence-electron chi connectivity index (χ4n) is 1.44. The smallest absolute Gasteiger partial charge is 0.191 e. The molecule has 7 heteroatoms. The van der Waals surface area contributed by atoms with E-state index in [4.69, 9.17) is 4.74 Å². The summed E-state index contributed by atoms with van der Waals surface area (Å²) in [5.74, 6) is 0.401. The summed E-state index contributed by atoms with van der Waals surface area (Å²) < 4.78 is 19.4. The zero-order valence-corrected chi connectivity index (χ0v) is 15.5. The summed E-state index contributed by atoms with van der Waals surface area (Å²) >= 11 is 3.32. The summed E-state index contributed by atoms with van der Waals surface area (Å²) in [6.45, 7) is 4.26. The molecule has 0 saturated carbocycles. The van der Waals surface area contributed by atoms with Crippen LogP contribution in [0, 0.1) is 5.82 Å². The van der Waals surface area contributed by atoms with E-state index in [1.165, 1.54) is 6.07 Å². The topological polar surface area (TPSA) is 45.7 Å². The van der Waals surface area contributed by atoms with Crippen LogP contribution in [-0.2, 0) is 11.3 Å². The summed E-state index contributed by atoms with van der Waals surface area (Å²) in [5.41, 5.74) is 0.554. The first kappa shape index (κ1) is 19.6. The largest absolute Gasteiger partial charge is 0.383 e. The standard InChI is InChI=1S/C13H19BrFN3O.HI/c1-3-16-13(17-6-7-19-2)18-9-10-8-11(14)4-5-12(10)15;/h4-5,8H,3,6-7,9H2,1-2H3,(H2,16,17,18);1H. The van der Waals surface area contributed by atoms with Crippen molar-refractivity contribution in [3.63, 3.8) is 0 Å². The number of benzene rings is 1. The lowest BCUT2D eigenvalue weighted by molar-refractivity contribution is 0.203. The van der Waals surface area contributed by atoms with Crippen LogP contribution in [0.1, 0.15) is 12.5 Å². The van der Waals surface area contributed by atoms with Gasteiger partial charge in [0.2, 0.25) is 0 Å². The number of rotatable bonds is 6. The Kier molecular flexibility index (Phi) is 11.0. The van der Waals surface area contributed by atoms with E-state index in [0.29, 0.717) is 24.7 Å². The second kappa shape index (κ2) is 11.3. The Morgan fingerprint density at radius 1 is 1.40 bits per heavy atom. The van der Waals surface area contributed by atoms with Crippen molar-refractivity contribution in [2.45, 2.75) is 13.5 Å². The molecule has 1 rings (SSSR count). The van der Waals surface area contributed by atoms with Gasteiger partial charge in [-0.2, -0.15) is 0 Å². The van der Waals surface area contributed by atoms with Crippen LogP contribution < -0.4 is 10.6 Å². The quantitative estimate of drug-likeness (QED) is 0.297. The molecule has 4 nitrogen and oxygen atoms in total. The molecule has 114 valence electrons. The van der Waals surface area contributed by atoms with Crippen molar-refractivity contribution in [1.29, 1.82) is 0 Å². The molecule has 0 unspecified atom stereocenters. The molecule has 0 aromatic heterocycles. The predicted molar refractivity (Wildman–Crippen MR) is 94.2 cm³/mol. The highest BCUT2D eigenvalue weighted by Crippen LogP contribution is 2.16. The monoisotopic (exact) mass is 459 g/mol. The van der Waals surface area contributed by atoms with Gasteiger partial charge in [-0.3, -0.25) is 0 Å². The zero-order chi connectivity index (χ0) is 14.1. The normalized spacial score (nSPS) is 10.9. The van der Waals surface area contributed by atoms with Crippen LogP contribution in [0.15, 0.2) is 27.7 Å². The predicted octanol–water partition coefficient (Wildman–Crippen LogP) is 2.91. The van der Waals surface area contributed by atoms with Gasteiger partial charge in [-0.15, -0.1) is 24.0 Å². The van der Waals surface area contributed by atoms with Gasteiger partial charge in [0.15, 0.2) is 5.96 Å². The van der Waals surface area contributed by atoms with E-state index in [-0.39, 0.29) is 36.3 Å². The maximum atomic E-state index is 13.6. The van der Waals surface area contributed by atoms with Crippen molar-refractivity contribution in [1.82, 2.24) is 10.6 Å². The molecule has 0 aliphatic carbocycles. The van der Waals surface area contributed by atoms with Gasteiger partial charge in [0.1, 0.15) is 5.82 Å². The molecule has 0 radical (unpaired) electrons. The fraction of sp³-hybridized carbons (Fsp3) is 0.462. The van der Waals surface area contributed by atoms with Gasteiger partial charge in [-0.05, 0) is 25.1 Å². The molecule has 0 bridgehead atoms. The minimum absolute atomic E-state index is 0. The van der Waals surface area contributed by atoms with E-state index < -0.39 is 0 Å². The lowest BCUT2D eigenvalue weighted by atomic mass is 10.2. The maximum absolute atomic E-state index is 13.6. The van der Waals surface area contributed by atoms with Crippen LogP contribution in [-0.4, -0.2) is 32.8 Å². The van der Waals surface area contributed by atoms with E-state index in [1.54, 1.807) is 19.2 Å². The summed E-state index contributed by atoms with van der Waals surface area (Å²) in [5, 5.41) is 6.20. The Balaban J connectivity index is 0.00000361. The molecule has 0 amide bonds. The Morgan fingerprint density at radius 3 is 2.80 bits per heavy atom. The number of hydrogen-bond acceptors (Lipinski definition) is 2. The summed E-state index contributed by atoms with van der Waals surface area (Å²) in [6.07, 6.45) is 0. The number of methoxy groups -OCH3 is 1. The van der Waals surface area contributed by atoms with Crippen molar-refractivity contribution in [2.24, 2.45) is 4.99 Å². The second-order valence-corrected chi connectivity index (χ2v) is 4.77. The van der Waals surface area contributed by atoms with Crippen molar-refractivity contribution >= 4 is 45.9 Å². The highest BCUT2D eigenvalue weighted by atomic mass is 127. The number of ether oxygens (including phenoxy) is 1. The number of nitrogens with zero attached hydrogens (tertiary/aromatic N) is 1. The van der Waals surface area contributed by atoms with E-state index >= 15 is 0 Å². The highest BCUT2D eigenvalue weighted by molar-refractivity contribution is 14.0. The van der Waals surface area contributed by atoms with Crippen LogP contribution >= 0.6 is 39.9 Å². The third-order valence-electron chi connectivity index (χ3n) is 2.36. The SMILES string of the molecule is CCNC(=NCc1cc(Br)ccc1F)NCCOC.I. The molecule has 0 spiro atoms. The number of aliphatic imine (C=N–C) groups is 1. The number of halogens is 3. The van der Waals surface area contributed by atoms with Gasteiger partial charge in [-0.25, -0.2) is 9.38 Å². The number of hydrogen-bond donors (Lipinski definition) is 2. The first-order valence-electron chi connectivity index (χ1n) is 6.12. The van der Waals surface area contributed by atoms with Crippen molar-refractivity contribution in [3.8, 4) is 0 Å². The van der Waals surface area contributed by atoms with Crippen molar-refractivity contribution in [3.05, 3.63) is 34.1 Å². The summed E-state index contributed by atoms with van der Waals surface area (Å²) in [4.78, 5) is 4.34. The lowest BCUT2D eigenvalue weighted by Gasteiger charge is -2.11. The molecule has 0 fully saturated rings. The molecule has 1 aromatic rings. The lowest BCUT2D eigenvalue weighted by Crippen LogP contribution is -2.38. The average molecular weight is 460 g/mol. The fourth-order valence-corrected chi connectivity index (χ4v) is 1.85. The second-order valence-electron chi connectivity index (χ2n) is 3.85. The van der Waals surface area contributed by atoms with Crippen molar-refractivity contribution in [2.75, 3.05) is 26.8 Å². The van der Waals surface area contributed by atoms with Crippen LogP contribution in [0.3, 0.4) is 0 Å². The summed E-state index contributed by atoms with van der Waals surface area (Å²) in [7, 11) is 1.64. The van der Waals surface area contributed by atoms with Crippen LogP contribution in [0.2, 0.25) is 0 Å². The van der Waals surface area contributed by atoms with Crippen molar-refractivity contribution < 1.29 is 9.13 Å². The molecule has 0 saturated heterocycles. The Labute approximate surface area is 144 Å². The molecular formula is C13H20BrFIN3O. The van der Waals surface area contributed by atoms with E-state index in [2.05, 4.69) is 31.6 Å². The average Bonchev–Trinajstić information content (AvgIpc) is 2.40. The Hall–Kier alpha value is -0.410. The maximum Gasteiger partial charge on any atom is 0.191 e. The molecule has 0 atom stereocenters. The van der Waals surface area contributed by atoms with Gasteiger partial charge in [0.25, 0.3) is 0 Å². The first-order chi connectivity index (χ1) is 9.17. The molecular weight excluding hydrogens is 440 g/mol. The third kappa shape index (κ3) is 7.39. The molecule has 0 heterocycles. The van der Waals surface area contributed by atoms with Gasteiger partial charge in [0.05, 0.1) is 13.2 Å². The number of guanidine groups is 1. The minimum atomic E-state index is -0.250. The number of nitrogens with one attached hydrogen (secondary N) is 2. The van der Waals surface area contributed by atoms with E-state index in [0.717, 1.165) is 11.0 Å². The molecule has 1 aromatic carbocycles. The Bertz CT molecular complexity index is 432. The summed E-state index contributed by atoms with van der Waals surface area (Å²) in [6, 6.07) is 4.84. The van der Waals surface area contributed by atoms with Gasteiger partial charge < -0.3 is 15.4 Å². The zero-order valence-electron chi connectivity index (χ0n) is 11.6. The van der Waals surface area contributed by atoms with Gasteiger partial charge in [-0.1, -0.05) is 15.9 Å². The van der Waals surface area contributed by atoms with Gasteiger partial charge >= 0.3 is 0 Å². The minimum Gasteiger partial charge on any atom is -0.383 e. The third-order valence-corrected chi connectivity index (χ3v) is 2.85. The first-order valence-corrected chi connectivity index (χ1v) is 6.91. The van der Waals surface area contributed by atoms with E-state index in [9.17, 15) is 4.39 Å². The van der Waals surface area contributed by atoms with Crippen LogP contribution in [0.25, 0.3) is 0 Å². The molecule has 20 heavy (non-hydrogen) atoms. The van der Waals surface area contributed by atoms with Gasteiger partial charge in [0, 0.05) is 30.2 Å². The van der Waals surface area contributed by atoms with Crippen LogP contribution in [0.4, 0.5) is 4.39 Å². The highest BCUT2D eigenvalue weighted by Gasteiger charge is 2.03. The Morgan fingerprint density at radius 2 is 2.15 bits per heavy atom. The molecule has 0 aliphatic heterocycles. The molecule has 2 N–H and O–H groups in total. The molecule has 0 aliphatic rings.